The summed E-state index contributed by atoms with van der Waals surface area (Å²) in [5.74, 6) is -0.0208. The van der Waals surface area contributed by atoms with Crippen LogP contribution in [0.5, 0.6) is 0 Å². The Kier molecular flexibility index (Phi) is 4.29. The summed E-state index contributed by atoms with van der Waals surface area (Å²) in [6.07, 6.45) is 6.74. The van der Waals surface area contributed by atoms with Crippen molar-refractivity contribution in [1.29, 1.82) is 0 Å². The smallest absolute Gasteiger partial charge is 0.253 e. The van der Waals surface area contributed by atoms with Gasteiger partial charge in [0.1, 0.15) is 0 Å². The highest BCUT2D eigenvalue weighted by atomic mass is 16.7. The first-order chi connectivity index (χ1) is 11.3. The molecule has 6 nitrogen and oxygen atoms in total. The highest BCUT2D eigenvalue weighted by molar-refractivity contribution is 5.79. The van der Waals surface area contributed by atoms with Crippen molar-refractivity contribution in [3.8, 4) is 0 Å². The van der Waals surface area contributed by atoms with E-state index in [1.165, 1.54) is 5.56 Å². The quantitative estimate of drug-likeness (QED) is 0.839. The van der Waals surface area contributed by atoms with Crippen LogP contribution in [0.2, 0.25) is 0 Å². The number of carbonyl (C=O) groups excluding carboxylic acids is 1. The van der Waals surface area contributed by atoms with Crippen molar-refractivity contribution in [3.05, 3.63) is 30.1 Å². The molecule has 3 aliphatic heterocycles. The second-order valence-electron chi connectivity index (χ2n) is 6.57. The van der Waals surface area contributed by atoms with E-state index in [9.17, 15) is 4.79 Å². The monoisotopic (exact) mass is 317 g/mol. The maximum Gasteiger partial charge on any atom is 0.253 e. The second-order valence-corrected chi connectivity index (χ2v) is 6.57. The van der Waals surface area contributed by atoms with Crippen LogP contribution < -0.4 is 0 Å². The topological polar surface area (TPSA) is 54.9 Å². The predicted molar refractivity (Wildman–Crippen MR) is 83.2 cm³/mol. The first-order valence-electron chi connectivity index (χ1n) is 8.52. The van der Waals surface area contributed by atoms with Gasteiger partial charge in [-0.2, -0.15) is 0 Å². The van der Waals surface area contributed by atoms with E-state index < -0.39 is 0 Å². The van der Waals surface area contributed by atoms with Crippen LogP contribution in [0.25, 0.3) is 0 Å². The van der Waals surface area contributed by atoms with Crippen molar-refractivity contribution in [2.24, 2.45) is 5.92 Å². The summed E-state index contributed by atoms with van der Waals surface area (Å²) in [6, 6.07) is 4.37. The molecular formula is C17H23N3O3. The average molecular weight is 317 g/mol. The zero-order valence-corrected chi connectivity index (χ0v) is 13.3. The molecule has 0 N–H and O–H groups in total. The van der Waals surface area contributed by atoms with Crippen LogP contribution >= 0.6 is 0 Å². The Morgan fingerprint density at radius 2 is 2.30 bits per heavy atom. The third-order valence-corrected chi connectivity index (χ3v) is 5.07. The summed E-state index contributed by atoms with van der Waals surface area (Å²) >= 11 is 0. The fourth-order valence-corrected chi connectivity index (χ4v) is 3.95. The lowest BCUT2D eigenvalue weighted by molar-refractivity contribution is -0.203. The van der Waals surface area contributed by atoms with Gasteiger partial charge in [-0.25, -0.2) is 5.06 Å². The third kappa shape index (κ3) is 2.98. The zero-order chi connectivity index (χ0) is 15.6. The molecule has 0 radical (unpaired) electrons. The first kappa shape index (κ1) is 15.1. The largest absolute Gasteiger partial charge is 0.376 e. The summed E-state index contributed by atoms with van der Waals surface area (Å²) in [7, 11) is 0. The molecule has 0 aliphatic carbocycles. The molecule has 3 fully saturated rings. The van der Waals surface area contributed by atoms with Gasteiger partial charge >= 0.3 is 0 Å². The number of hydrogen-bond acceptors (Lipinski definition) is 5. The van der Waals surface area contributed by atoms with Gasteiger partial charge in [-0.1, -0.05) is 6.07 Å². The van der Waals surface area contributed by atoms with E-state index >= 15 is 0 Å². The van der Waals surface area contributed by atoms with Crippen LogP contribution in [0.3, 0.4) is 0 Å². The Labute approximate surface area is 136 Å². The molecule has 6 heteroatoms. The number of hydroxylamine groups is 2. The van der Waals surface area contributed by atoms with Crippen LogP contribution in [0, 0.1) is 5.92 Å². The Hall–Kier alpha value is -1.50. The number of aromatic nitrogens is 1. The van der Waals surface area contributed by atoms with E-state index in [0.717, 1.165) is 39.0 Å². The minimum atomic E-state index is -0.114. The van der Waals surface area contributed by atoms with Crippen molar-refractivity contribution < 1.29 is 14.4 Å². The fourth-order valence-electron chi connectivity index (χ4n) is 3.95. The summed E-state index contributed by atoms with van der Waals surface area (Å²) < 4.78 is 5.91. The van der Waals surface area contributed by atoms with Gasteiger partial charge < -0.3 is 4.74 Å². The number of rotatable bonds is 3. The van der Waals surface area contributed by atoms with Crippen molar-refractivity contribution in [2.75, 3.05) is 26.3 Å². The Balaban J connectivity index is 1.47. The molecule has 23 heavy (non-hydrogen) atoms. The molecule has 4 rings (SSSR count). The molecule has 1 aromatic heterocycles. The average Bonchev–Trinajstić information content (AvgIpc) is 3.20. The SMILES string of the molecule is O=C([C@H]1CN(Cc2cccnc2)[C@@H]2CCO[C@H]12)N1CCCCO1. The van der Waals surface area contributed by atoms with E-state index in [1.807, 2.05) is 12.3 Å². The number of ether oxygens (including phenoxy) is 1. The highest BCUT2D eigenvalue weighted by Gasteiger charge is 2.49. The molecular weight excluding hydrogens is 294 g/mol. The zero-order valence-electron chi connectivity index (χ0n) is 13.3. The molecule has 0 spiro atoms. The lowest BCUT2D eigenvalue weighted by Gasteiger charge is -2.29. The lowest BCUT2D eigenvalue weighted by atomic mass is 10.0. The molecule has 1 aromatic rings. The molecule has 4 heterocycles. The summed E-state index contributed by atoms with van der Waals surface area (Å²) in [4.78, 5) is 24.9. The maximum atomic E-state index is 12.8. The number of nitrogens with zero attached hydrogens (tertiary/aromatic N) is 3. The highest BCUT2D eigenvalue weighted by Crippen LogP contribution is 2.35. The van der Waals surface area contributed by atoms with Gasteiger partial charge in [0, 0.05) is 44.7 Å². The van der Waals surface area contributed by atoms with Gasteiger partial charge in [0.15, 0.2) is 0 Å². The molecule has 0 saturated carbocycles. The minimum Gasteiger partial charge on any atom is -0.376 e. The molecule has 3 aliphatic rings. The van der Waals surface area contributed by atoms with Crippen LogP contribution in [-0.4, -0.2) is 59.3 Å². The maximum absolute atomic E-state index is 12.8. The Morgan fingerprint density at radius 3 is 3.09 bits per heavy atom. The van der Waals surface area contributed by atoms with Crippen LogP contribution in [0.15, 0.2) is 24.5 Å². The van der Waals surface area contributed by atoms with E-state index in [0.29, 0.717) is 19.2 Å². The van der Waals surface area contributed by atoms with Gasteiger partial charge in [0.05, 0.1) is 18.6 Å². The Bertz CT molecular complexity index is 547. The normalized spacial score (nSPS) is 31.3. The molecule has 1 amide bonds. The van der Waals surface area contributed by atoms with Gasteiger partial charge in [-0.15, -0.1) is 0 Å². The van der Waals surface area contributed by atoms with Crippen LogP contribution in [-0.2, 0) is 20.9 Å². The number of fused-ring (bicyclic) bond motifs is 1. The van der Waals surface area contributed by atoms with Gasteiger partial charge in [-0.3, -0.25) is 19.5 Å². The number of pyridine rings is 1. The fraction of sp³-hybridized carbons (Fsp3) is 0.647. The standard InChI is InChI=1S/C17H23N3O3/c21-17(20-7-1-2-8-23-20)14-12-19(15-5-9-22-16(14)15)11-13-4-3-6-18-10-13/h3-4,6,10,14-16H,1-2,5,7-9,11-12H2/t14-,15+,16+/m0/s1. The van der Waals surface area contributed by atoms with Crippen molar-refractivity contribution in [3.63, 3.8) is 0 Å². The molecule has 0 bridgehead atoms. The van der Waals surface area contributed by atoms with E-state index in [1.54, 1.807) is 11.3 Å². The second kappa shape index (κ2) is 6.55. The van der Waals surface area contributed by atoms with Crippen LogP contribution in [0.4, 0.5) is 0 Å². The summed E-state index contributed by atoms with van der Waals surface area (Å²) in [6.45, 7) is 3.65. The van der Waals surface area contributed by atoms with Crippen molar-refractivity contribution >= 4 is 5.91 Å². The summed E-state index contributed by atoms with van der Waals surface area (Å²) in [5, 5.41) is 1.57. The number of carbonyl (C=O) groups is 1. The predicted octanol–water partition coefficient (Wildman–Crippen LogP) is 1.22. The van der Waals surface area contributed by atoms with Gasteiger partial charge in [0.2, 0.25) is 0 Å². The Morgan fingerprint density at radius 1 is 1.35 bits per heavy atom. The van der Waals surface area contributed by atoms with Crippen molar-refractivity contribution in [2.45, 2.75) is 38.0 Å². The van der Waals surface area contributed by atoms with E-state index in [2.05, 4.69) is 16.0 Å². The molecule has 124 valence electrons. The van der Waals surface area contributed by atoms with Crippen molar-refractivity contribution in [1.82, 2.24) is 14.9 Å². The van der Waals surface area contributed by atoms with E-state index in [4.69, 9.17) is 9.57 Å². The lowest BCUT2D eigenvalue weighted by Crippen LogP contribution is -2.43. The summed E-state index contributed by atoms with van der Waals surface area (Å²) in [5.41, 5.74) is 1.18. The number of hydrogen-bond donors (Lipinski definition) is 0. The molecule has 0 unspecified atom stereocenters. The minimum absolute atomic E-state index is 0.00435. The number of likely N-dealkylation sites (tertiary alicyclic amines) is 1. The molecule has 0 aromatic carbocycles. The van der Waals surface area contributed by atoms with Gasteiger partial charge in [0.25, 0.3) is 5.91 Å². The van der Waals surface area contributed by atoms with Gasteiger partial charge in [-0.05, 0) is 30.9 Å². The third-order valence-electron chi connectivity index (χ3n) is 5.07. The number of amides is 1. The molecule has 3 saturated heterocycles. The van der Waals surface area contributed by atoms with E-state index in [-0.39, 0.29) is 17.9 Å². The van der Waals surface area contributed by atoms with Crippen LogP contribution in [0.1, 0.15) is 24.8 Å². The molecule has 3 atom stereocenters. The first-order valence-corrected chi connectivity index (χ1v) is 8.52.